The van der Waals surface area contributed by atoms with Crippen molar-refractivity contribution in [3.8, 4) is 0 Å². The summed E-state index contributed by atoms with van der Waals surface area (Å²) in [6, 6.07) is 7.23. The predicted octanol–water partition coefficient (Wildman–Crippen LogP) is 3.24. The topological polar surface area (TPSA) is 65.0 Å². The van der Waals surface area contributed by atoms with Crippen molar-refractivity contribution in [2.24, 2.45) is 10.9 Å². The molecule has 1 atom stereocenters. The van der Waals surface area contributed by atoms with Gasteiger partial charge in [-0.2, -0.15) is 16.1 Å². The summed E-state index contributed by atoms with van der Waals surface area (Å²) in [5.74, 6) is 2.68. The smallest absolute Gasteiger partial charge is 0.243 e. The summed E-state index contributed by atoms with van der Waals surface area (Å²) in [4.78, 5) is 7.16. The van der Waals surface area contributed by atoms with Gasteiger partial charge in [-0.3, -0.25) is 4.99 Å². The molecule has 0 spiro atoms. The zero-order chi connectivity index (χ0) is 20.1. The SMILES string of the molecule is CN=C(NCc1ccc(S(=O)(=O)N2CCCC2)cc1)N1CCSC(C(C)C)C1.I. The van der Waals surface area contributed by atoms with Crippen molar-refractivity contribution < 1.29 is 8.42 Å². The van der Waals surface area contributed by atoms with Crippen LogP contribution >= 0.6 is 35.7 Å². The second-order valence-electron chi connectivity index (χ2n) is 7.76. The van der Waals surface area contributed by atoms with Crippen LogP contribution < -0.4 is 5.32 Å². The van der Waals surface area contributed by atoms with Gasteiger partial charge in [0.15, 0.2) is 5.96 Å². The molecule has 1 N–H and O–H groups in total. The number of sulfonamides is 1. The van der Waals surface area contributed by atoms with Gasteiger partial charge in [0.25, 0.3) is 0 Å². The Morgan fingerprint density at radius 1 is 1.21 bits per heavy atom. The third-order valence-corrected chi connectivity index (χ3v) is 8.88. The fourth-order valence-corrected chi connectivity index (χ4v) is 6.46. The third-order valence-electron chi connectivity index (χ3n) is 5.43. The van der Waals surface area contributed by atoms with E-state index >= 15 is 0 Å². The second kappa shape index (κ2) is 11.2. The van der Waals surface area contributed by atoms with E-state index in [9.17, 15) is 8.42 Å². The molecule has 2 aliphatic rings. The second-order valence-corrected chi connectivity index (χ2v) is 11.0. The van der Waals surface area contributed by atoms with E-state index < -0.39 is 10.0 Å². The highest BCUT2D eigenvalue weighted by molar-refractivity contribution is 14.0. The van der Waals surface area contributed by atoms with Crippen LogP contribution in [0.2, 0.25) is 0 Å². The summed E-state index contributed by atoms with van der Waals surface area (Å²) in [6.45, 7) is 8.45. The van der Waals surface area contributed by atoms with E-state index in [2.05, 4.69) is 29.1 Å². The number of benzene rings is 1. The van der Waals surface area contributed by atoms with Crippen LogP contribution in [0.15, 0.2) is 34.2 Å². The lowest BCUT2D eigenvalue weighted by Crippen LogP contribution is -2.48. The van der Waals surface area contributed by atoms with E-state index in [4.69, 9.17) is 0 Å². The number of aliphatic imine (C=N–C) groups is 1. The normalized spacial score (nSPS) is 21.3. The molecule has 1 aromatic carbocycles. The Hall–Kier alpha value is -0.520. The van der Waals surface area contributed by atoms with Crippen molar-refractivity contribution in [1.82, 2.24) is 14.5 Å². The van der Waals surface area contributed by atoms with E-state index in [0.29, 0.717) is 35.7 Å². The third kappa shape index (κ3) is 6.24. The number of nitrogens with one attached hydrogen (secondary N) is 1. The van der Waals surface area contributed by atoms with E-state index in [1.165, 1.54) is 0 Å². The first-order valence-corrected chi connectivity index (χ1v) is 12.6. The molecule has 2 aliphatic heterocycles. The largest absolute Gasteiger partial charge is 0.352 e. The van der Waals surface area contributed by atoms with Crippen LogP contribution in [-0.4, -0.2) is 67.8 Å². The van der Waals surface area contributed by atoms with Crippen molar-refractivity contribution in [2.75, 3.05) is 39.0 Å². The first kappa shape index (κ1) is 24.7. The summed E-state index contributed by atoms with van der Waals surface area (Å²) < 4.78 is 26.9. The standard InChI is InChI=1S/C20H32N4O2S2.HI/c1-16(2)19-15-23(12-13-27-19)20(21-3)22-14-17-6-8-18(9-7-17)28(25,26)24-10-4-5-11-24;/h6-9,16,19H,4-5,10-15H2,1-3H3,(H,21,22);1H. The Kier molecular flexibility index (Phi) is 9.56. The number of thioether (sulfide) groups is 1. The van der Waals surface area contributed by atoms with Gasteiger partial charge >= 0.3 is 0 Å². The highest BCUT2D eigenvalue weighted by atomic mass is 127. The molecule has 0 aliphatic carbocycles. The molecule has 0 saturated carbocycles. The zero-order valence-corrected chi connectivity index (χ0v) is 21.5. The van der Waals surface area contributed by atoms with Gasteiger partial charge in [0, 0.05) is 50.8 Å². The molecule has 0 amide bonds. The van der Waals surface area contributed by atoms with Crippen molar-refractivity contribution in [3.63, 3.8) is 0 Å². The van der Waals surface area contributed by atoms with E-state index in [1.807, 2.05) is 30.9 Å². The lowest BCUT2D eigenvalue weighted by atomic mass is 10.1. The molecule has 9 heteroatoms. The van der Waals surface area contributed by atoms with E-state index in [0.717, 1.165) is 43.2 Å². The fraction of sp³-hybridized carbons (Fsp3) is 0.650. The summed E-state index contributed by atoms with van der Waals surface area (Å²) in [6.07, 6.45) is 1.90. The number of rotatable bonds is 5. The fourth-order valence-electron chi connectivity index (χ4n) is 3.64. The van der Waals surface area contributed by atoms with Gasteiger partial charge in [-0.1, -0.05) is 26.0 Å². The Morgan fingerprint density at radius 3 is 2.45 bits per heavy atom. The molecule has 0 radical (unpaired) electrons. The lowest BCUT2D eigenvalue weighted by molar-refractivity contribution is 0.380. The summed E-state index contributed by atoms with van der Waals surface area (Å²) in [7, 11) is -1.52. The molecule has 1 unspecified atom stereocenters. The van der Waals surface area contributed by atoms with Crippen molar-refractivity contribution in [1.29, 1.82) is 0 Å². The Morgan fingerprint density at radius 2 is 1.86 bits per heavy atom. The van der Waals surface area contributed by atoms with Crippen LogP contribution in [-0.2, 0) is 16.6 Å². The van der Waals surface area contributed by atoms with Crippen LogP contribution in [0.25, 0.3) is 0 Å². The summed E-state index contributed by atoms with van der Waals surface area (Å²) in [5, 5.41) is 4.06. The Bertz CT molecular complexity index is 778. The molecule has 0 bridgehead atoms. The van der Waals surface area contributed by atoms with Crippen molar-refractivity contribution in [3.05, 3.63) is 29.8 Å². The first-order valence-electron chi connectivity index (χ1n) is 10.1. The van der Waals surface area contributed by atoms with Crippen LogP contribution in [0.4, 0.5) is 0 Å². The summed E-state index contributed by atoms with van der Waals surface area (Å²) in [5.41, 5.74) is 1.05. The van der Waals surface area contributed by atoms with Crippen LogP contribution in [0, 0.1) is 5.92 Å². The molecular formula is C20H33IN4O2S2. The number of guanidine groups is 1. The maximum Gasteiger partial charge on any atom is 0.243 e. The molecule has 2 heterocycles. The average Bonchev–Trinajstić information content (AvgIpc) is 3.25. The lowest BCUT2D eigenvalue weighted by Gasteiger charge is -2.36. The molecule has 1 aromatic rings. The number of halogens is 1. The number of hydrogen-bond acceptors (Lipinski definition) is 4. The van der Waals surface area contributed by atoms with Crippen molar-refractivity contribution >= 4 is 51.7 Å². The van der Waals surface area contributed by atoms with Crippen LogP contribution in [0.5, 0.6) is 0 Å². The molecule has 29 heavy (non-hydrogen) atoms. The number of nitrogens with zero attached hydrogens (tertiary/aromatic N) is 3. The predicted molar refractivity (Wildman–Crippen MR) is 133 cm³/mol. The first-order chi connectivity index (χ1) is 13.4. The zero-order valence-electron chi connectivity index (χ0n) is 17.5. The monoisotopic (exact) mass is 552 g/mol. The van der Waals surface area contributed by atoms with Gasteiger partial charge in [0.05, 0.1) is 4.90 Å². The molecule has 0 aromatic heterocycles. The van der Waals surface area contributed by atoms with Gasteiger partial charge in [-0.05, 0) is 36.5 Å². The Labute approximate surface area is 197 Å². The van der Waals surface area contributed by atoms with Crippen LogP contribution in [0.1, 0.15) is 32.3 Å². The molecule has 2 saturated heterocycles. The van der Waals surface area contributed by atoms with E-state index in [1.54, 1.807) is 16.4 Å². The maximum absolute atomic E-state index is 12.6. The Balaban J connectivity index is 0.00000300. The molecular weight excluding hydrogens is 519 g/mol. The van der Waals surface area contributed by atoms with Crippen LogP contribution in [0.3, 0.4) is 0 Å². The number of hydrogen-bond donors (Lipinski definition) is 1. The van der Waals surface area contributed by atoms with Gasteiger partial charge in [-0.25, -0.2) is 8.42 Å². The summed E-state index contributed by atoms with van der Waals surface area (Å²) >= 11 is 2.05. The highest BCUT2D eigenvalue weighted by Gasteiger charge is 2.27. The van der Waals surface area contributed by atoms with Gasteiger partial charge in [0.1, 0.15) is 0 Å². The average molecular weight is 553 g/mol. The molecule has 6 nitrogen and oxygen atoms in total. The van der Waals surface area contributed by atoms with Crippen molar-refractivity contribution in [2.45, 2.75) is 43.4 Å². The molecule has 164 valence electrons. The van der Waals surface area contributed by atoms with Gasteiger partial charge in [-0.15, -0.1) is 24.0 Å². The van der Waals surface area contributed by atoms with Gasteiger partial charge in [0.2, 0.25) is 10.0 Å². The molecule has 3 rings (SSSR count). The maximum atomic E-state index is 12.6. The minimum Gasteiger partial charge on any atom is -0.352 e. The van der Waals surface area contributed by atoms with Gasteiger partial charge < -0.3 is 10.2 Å². The minimum atomic E-state index is -3.34. The molecule has 2 fully saturated rings. The highest BCUT2D eigenvalue weighted by Crippen LogP contribution is 2.25. The minimum absolute atomic E-state index is 0. The quantitative estimate of drug-likeness (QED) is 0.345. The van der Waals surface area contributed by atoms with E-state index in [-0.39, 0.29) is 24.0 Å².